The van der Waals surface area contributed by atoms with Crippen molar-refractivity contribution >= 4 is 100 Å². The number of ketones is 2. The molecule has 2 aliphatic heterocycles. The van der Waals surface area contributed by atoms with Crippen LogP contribution in [0.25, 0.3) is 22.3 Å². The average Bonchev–Trinajstić information content (AvgIpc) is 0.841. The Morgan fingerprint density at radius 3 is 1.25 bits per heavy atom. The van der Waals surface area contributed by atoms with Crippen molar-refractivity contribution in [1.82, 2.24) is 29.5 Å². The Balaban J connectivity index is 0.000000261. The summed E-state index contributed by atoms with van der Waals surface area (Å²) in [7, 11) is -6.11. The lowest BCUT2D eigenvalue weighted by Gasteiger charge is -2.50. The number of carbonyl (C=O) groups excluding carboxylic acids is 4. The number of aryl methyl sites for hydroxylation is 4. The molecule has 8 rings (SSSR count). The molecule has 4 aromatic heterocycles. The van der Waals surface area contributed by atoms with Gasteiger partial charge in [-0.15, -0.1) is 40.6 Å². The van der Waals surface area contributed by atoms with Crippen LogP contribution in [-0.2, 0) is 95.0 Å². The van der Waals surface area contributed by atoms with Gasteiger partial charge in [0.2, 0.25) is 24.6 Å². The molecule has 2 aliphatic rings. The number of β-lactam (4-membered cyclic amide) rings is 2. The number of oxime groups is 2. The lowest BCUT2D eigenvalue weighted by Crippen LogP contribution is -2.68. The van der Waals surface area contributed by atoms with Gasteiger partial charge in [-0.1, -0.05) is 34.6 Å². The summed E-state index contributed by atoms with van der Waals surface area (Å²) in [6.45, 7) is 7.23. The van der Waals surface area contributed by atoms with Crippen molar-refractivity contribution in [2.75, 3.05) is 37.8 Å². The van der Waals surface area contributed by atoms with Crippen molar-refractivity contribution in [3.63, 3.8) is 0 Å². The van der Waals surface area contributed by atoms with Crippen LogP contribution in [0.4, 0.5) is 10.3 Å². The molecule has 2 saturated heterocycles. The standard InChI is InChI=1S/2C27H33N7O10S2/c2*1-27(2)19(24(36)34(27)44-46(39,40)41)11-21(35)23(20-15-45-26(29)30-20)31-42-14-22(25(37)38)43-18-7-5-16(6-8-18)17-12-32(3)33(13-17)10-4-9-28/h2*5-8,12-13,15,19,22H,4,9-11,14,28H2,1-3H3,(H3-,29,30,37,38,39,40,41)/p+2/b2*31-23-/t2*19-,22?/m11/s1. The van der Waals surface area contributed by atoms with E-state index < -0.39 is 117 Å². The van der Waals surface area contributed by atoms with Crippen molar-refractivity contribution < 1.29 is 102 Å². The molecule has 38 heteroatoms. The van der Waals surface area contributed by atoms with Crippen LogP contribution < -0.4 is 41.8 Å². The number of amides is 2. The number of thiazole rings is 2. The zero-order valence-corrected chi connectivity index (χ0v) is 53.5. The van der Waals surface area contributed by atoms with E-state index in [1.165, 1.54) is 38.5 Å². The second-order valence-corrected chi connectivity index (χ2v) is 25.5. The predicted molar refractivity (Wildman–Crippen MR) is 325 cm³/mol. The summed E-state index contributed by atoms with van der Waals surface area (Å²) in [4.78, 5) is 94.1. The maximum atomic E-state index is 13.3. The minimum absolute atomic E-state index is 0.0248. The van der Waals surface area contributed by atoms with Crippen LogP contribution >= 0.6 is 22.7 Å². The molecule has 34 nitrogen and oxygen atoms in total. The van der Waals surface area contributed by atoms with Crippen LogP contribution in [0.5, 0.6) is 11.5 Å². The molecule has 2 amide bonds. The van der Waals surface area contributed by atoms with Crippen LogP contribution in [0.3, 0.4) is 0 Å². The van der Waals surface area contributed by atoms with Crippen molar-refractivity contribution in [2.45, 2.75) is 89.8 Å². The highest BCUT2D eigenvalue weighted by molar-refractivity contribution is 7.81. The van der Waals surface area contributed by atoms with E-state index in [9.17, 15) is 55.8 Å². The van der Waals surface area contributed by atoms with E-state index in [0.717, 1.165) is 70.9 Å². The van der Waals surface area contributed by atoms with Crippen molar-refractivity contribution in [3.8, 4) is 33.8 Å². The highest BCUT2D eigenvalue weighted by Crippen LogP contribution is 2.42. The molecule has 2 fully saturated rings. The van der Waals surface area contributed by atoms with E-state index in [4.69, 9.17) is 51.2 Å². The van der Waals surface area contributed by atoms with E-state index in [1.54, 1.807) is 48.5 Å². The molecule has 0 bridgehead atoms. The largest absolute Gasteiger partial charge is 0.478 e. The lowest BCUT2D eigenvalue weighted by molar-refractivity contribution is -0.753. The number of rotatable bonds is 32. The average molecular weight is 1360 g/mol. The fraction of sp³-hybridized carbons (Fsp3) is 0.407. The Morgan fingerprint density at radius 1 is 0.620 bits per heavy atom. The van der Waals surface area contributed by atoms with Gasteiger partial charge in [0.1, 0.15) is 22.9 Å². The maximum absolute atomic E-state index is 13.3. The van der Waals surface area contributed by atoms with Gasteiger partial charge in [0, 0.05) is 23.6 Å². The van der Waals surface area contributed by atoms with Gasteiger partial charge in [-0.3, -0.25) is 28.3 Å². The van der Waals surface area contributed by atoms with Gasteiger partial charge in [-0.25, -0.2) is 19.6 Å². The van der Waals surface area contributed by atoms with Crippen LogP contribution in [0.2, 0.25) is 0 Å². The van der Waals surface area contributed by atoms with Crippen LogP contribution in [-0.4, -0.2) is 162 Å². The minimum atomic E-state index is -4.98. The quantitative estimate of drug-likeness (QED) is 0.00963. The topological polar surface area (TPSA) is 486 Å². The molecule has 2 aromatic carbocycles. The molecule has 0 spiro atoms. The predicted octanol–water partition coefficient (Wildman–Crippen LogP) is 1.10. The van der Waals surface area contributed by atoms with Gasteiger partial charge in [0.25, 0.3) is 11.8 Å². The van der Waals surface area contributed by atoms with E-state index in [2.05, 4.69) is 28.8 Å². The number of anilines is 2. The number of carboxylic acid groups (broad SMARTS) is 2. The number of hydrogen-bond donors (Lipinski definition) is 8. The van der Waals surface area contributed by atoms with Gasteiger partial charge in [0.05, 0.1) is 59.5 Å². The van der Waals surface area contributed by atoms with E-state index in [1.807, 2.05) is 57.6 Å². The van der Waals surface area contributed by atoms with Gasteiger partial charge in [0.15, 0.2) is 60.6 Å². The first-order valence-corrected chi connectivity index (χ1v) is 32.1. The number of benzene rings is 2. The summed E-state index contributed by atoms with van der Waals surface area (Å²) in [5, 5.41) is 31.1. The number of nitrogens with two attached hydrogens (primary N) is 4. The number of nitrogen functional groups attached to an aromatic ring is 2. The Bertz CT molecular complexity index is 3720. The fourth-order valence-electron chi connectivity index (χ4n) is 9.37. The third-order valence-electron chi connectivity index (χ3n) is 14.4. The molecular weight excluding hydrogens is 1290 g/mol. The van der Waals surface area contributed by atoms with Crippen LogP contribution in [0, 0.1) is 11.8 Å². The molecule has 2 unspecified atom stereocenters. The number of carbonyl (C=O) groups is 6. The monoisotopic (exact) mass is 1360 g/mol. The molecule has 496 valence electrons. The molecule has 0 aliphatic carbocycles. The Morgan fingerprint density at radius 2 is 0.967 bits per heavy atom. The molecule has 4 atom stereocenters. The van der Waals surface area contributed by atoms with Gasteiger partial charge >= 0.3 is 32.7 Å². The third-order valence-corrected chi connectivity index (χ3v) is 16.4. The number of carboxylic acids is 2. The van der Waals surface area contributed by atoms with Crippen LogP contribution in [0.15, 0.2) is 94.4 Å². The number of nitrogens with zero attached hydrogens (tertiary/aromatic N) is 10. The van der Waals surface area contributed by atoms with Gasteiger partial charge in [-0.05, 0) is 89.0 Å². The number of Topliss-reactive ketones (excluding diaryl/α,β-unsaturated/α-hetero) is 2. The molecule has 6 heterocycles. The van der Waals surface area contributed by atoms with Gasteiger partial charge in [-0.2, -0.15) is 36.3 Å². The van der Waals surface area contributed by atoms with E-state index in [0.29, 0.717) is 23.2 Å². The fourth-order valence-corrected chi connectivity index (χ4v) is 11.4. The second kappa shape index (κ2) is 29.6. The third kappa shape index (κ3) is 17.8. The first-order valence-electron chi connectivity index (χ1n) is 27.6. The van der Waals surface area contributed by atoms with Crippen LogP contribution in [0.1, 0.15) is 64.8 Å². The maximum Gasteiger partial charge on any atom is 0.418 e. The number of hydrogen-bond acceptors (Lipinski definition) is 26. The summed E-state index contributed by atoms with van der Waals surface area (Å²) in [5.74, 6) is -7.47. The zero-order valence-electron chi connectivity index (χ0n) is 50.2. The summed E-state index contributed by atoms with van der Waals surface area (Å²) < 4.78 is 90.1. The van der Waals surface area contributed by atoms with Crippen molar-refractivity contribution in [3.05, 3.63) is 95.5 Å². The molecule has 0 radical (unpaired) electrons. The minimum Gasteiger partial charge on any atom is -0.478 e. The number of aromatic nitrogens is 6. The normalized spacial score (nSPS) is 17.0. The lowest BCUT2D eigenvalue weighted by atomic mass is 9.74. The molecular formula is C54H68N14O20S4+2. The summed E-state index contributed by atoms with van der Waals surface area (Å²) in [5.41, 5.74) is 23.1. The molecule has 6 aromatic rings. The molecule has 92 heavy (non-hydrogen) atoms. The Kier molecular flexibility index (Phi) is 22.7. The SMILES string of the molecule is C[n+]1cc(-c2ccc(OC(CO/N=C(\C(=O)C[C@@H]3C(=O)N(OS(=O)(=O)O)C3(C)C)c3csc(N)n3)C(=O)O)cc2)cn1CCCN.C[n+]1cc(-c2ccc(OC(CO/N=C(\C(=O)C[C@@H]3C(=O)N(OS(=O)(=O)O)C3(C)C)c3csc(N)n3)C(=O)O)cc2)cn1CCCN. The van der Waals surface area contributed by atoms with E-state index in [-0.39, 0.29) is 44.6 Å². The number of ether oxygens (including phenoxy) is 2. The van der Waals surface area contributed by atoms with E-state index >= 15 is 0 Å². The summed E-state index contributed by atoms with van der Waals surface area (Å²) in [6.07, 6.45) is 5.59. The first-order chi connectivity index (χ1) is 43.2. The van der Waals surface area contributed by atoms with Crippen molar-refractivity contribution in [1.29, 1.82) is 0 Å². The zero-order chi connectivity index (χ0) is 67.6. The first kappa shape index (κ1) is 70.6. The summed E-state index contributed by atoms with van der Waals surface area (Å²) >= 11 is 2.02. The number of hydroxylamine groups is 4. The van der Waals surface area contributed by atoms with Gasteiger partial charge < -0.3 is 52.3 Å². The summed E-state index contributed by atoms with van der Waals surface area (Å²) in [6, 6.07) is 13.6. The highest BCUT2D eigenvalue weighted by Gasteiger charge is 2.59. The Hall–Kier alpha value is -8.86. The molecule has 0 saturated carbocycles. The Labute approximate surface area is 533 Å². The smallest absolute Gasteiger partial charge is 0.418 e. The molecule has 12 N–H and O–H groups in total. The number of aliphatic carboxylic acids is 2. The second-order valence-electron chi connectivity index (χ2n) is 21.7. The van der Waals surface area contributed by atoms with Crippen molar-refractivity contribution in [2.24, 2.45) is 47.7 Å². The highest BCUT2D eigenvalue weighted by atomic mass is 32.3.